The first-order valence-electron chi connectivity index (χ1n) is 6.04. The van der Waals surface area contributed by atoms with Crippen LogP contribution in [0, 0.1) is 5.92 Å². The maximum Gasteiger partial charge on any atom is 0.309 e. The molecule has 2 atom stereocenters. The molecular formula is C14H21NO3. The lowest BCUT2D eigenvalue weighted by Gasteiger charge is -2.19. The van der Waals surface area contributed by atoms with Crippen molar-refractivity contribution in [2.24, 2.45) is 5.92 Å². The molecular weight excluding hydrogens is 230 g/mol. The molecule has 0 aliphatic carbocycles. The monoisotopic (exact) mass is 251 g/mol. The van der Waals surface area contributed by atoms with Crippen molar-refractivity contribution in [2.75, 3.05) is 20.8 Å². The molecule has 0 aromatic heterocycles. The summed E-state index contributed by atoms with van der Waals surface area (Å²) in [7, 11) is 3.06. The highest BCUT2D eigenvalue weighted by Gasteiger charge is 2.16. The molecule has 1 unspecified atom stereocenters. The lowest BCUT2D eigenvalue weighted by molar-refractivity contribution is -0.144. The van der Waals surface area contributed by atoms with Crippen molar-refractivity contribution < 1.29 is 14.3 Å². The first kappa shape index (κ1) is 14.5. The Hall–Kier alpha value is -1.55. The van der Waals surface area contributed by atoms with Gasteiger partial charge in [0.15, 0.2) is 0 Å². The van der Waals surface area contributed by atoms with Crippen molar-refractivity contribution in [1.82, 2.24) is 5.32 Å². The van der Waals surface area contributed by atoms with Gasteiger partial charge >= 0.3 is 5.97 Å². The zero-order valence-corrected chi connectivity index (χ0v) is 11.4. The molecule has 1 aromatic rings. The average Bonchev–Trinajstić information content (AvgIpc) is 2.43. The van der Waals surface area contributed by atoms with Crippen LogP contribution < -0.4 is 10.1 Å². The number of carbonyl (C=O) groups is 1. The second kappa shape index (κ2) is 7.01. The lowest BCUT2D eigenvalue weighted by Crippen LogP contribution is -2.29. The van der Waals surface area contributed by atoms with Crippen LogP contribution >= 0.6 is 0 Å². The van der Waals surface area contributed by atoms with Crippen LogP contribution in [-0.4, -0.2) is 26.7 Å². The van der Waals surface area contributed by atoms with Crippen molar-refractivity contribution in [3.8, 4) is 5.75 Å². The van der Waals surface area contributed by atoms with E-state index < -0.39 is 0 Å². The fraction of sp³-hybridized carbons (Fsp3) is 0.500. The molecule has 1 aromatic carbocycles. The Morgan fingerprint density at radius 2 is 1.94 bits per heavy atom. The van der Waals surface area contributed by atoms with E-state index in [-0.39, 0.29) is 17.9 Å². The smallest absolute Gasteiger partial charge is 0.309 e. The number of esters is 1. The molecule has 0 aliphatic heterocycles. The van der Waals surface area contributed by atoms with Crippen molar-refractivity contribution in [2.45, 2.75) is 19.9 Å². The quantitative estimate of drug-likeness (QED) is 0.787. The normalized spacial score (nSPS) is 13.8. The van der Waals surface area contributed by atoms with Gasteiger partial charge in [-0.25, -0.2) is 0 Å². The SMILES string of the molecule is COC(=O)C(C)CN[C@H](C)c1ccccc1OC. The van der Waals surface area contributed by atoms with Crippen LogP contribution in [-0.2, 0) is 9.53 Å². The summed E-state index contributed by atoms with van der Waals surface area (Å²) in [4.78, 5) is 11.3. The van der Waals surface area contributed by atoms with Gasteiger partial charge in [0.2, 0.25) is 0 Å². The van der Waals surface area contributed by atoms with Gasteiger partial charge in [-0.1, -0.05) is 25.1 Å². The fourth-order valence-electron chi connectivity index (χ4n) is 1.77. The first-order valence-corrected chi connectivity index (χ1v) is 6.04. The molecule has 0 saturated heterocycles. The Morgan fingerprint density at radius 3 is 2.56 bits per heavy atom. The molecule has 0 bridgehead atoms. The van der Waals surface area contributed by atoms with E-state index in [4.69, 9.17) is 9.47 Å². The van der Waals surface area contributed by atoms with Crippen LogP contribution in [0.5, 0.6) is 5.75 Å². The standard InChI is InChI=1S/C14H21NO3/c1-10(14(16)18-4)9-15-11(2)12-7-5-6-8-13(12)17-3/h5-8,10-11,15H,9H2,1-4H3/t10?,11-/m1/s1. The van der Waals surface area contributed by atoms with E-state index in [0.29, 0.717) is 6.54 Å². The third-order valence-electron chi connectivity index (χ3n) is 2.94. The molecule has 0 aliphatic rings. The van der Waals surface area contributed by atoms with E-state index in [0.717, 1.165) is 11.3 Å². The van der Waals surface area contributed by atoms with Gasteiger partial charge in [-0.2, -0.15) is 0 Å². The summed E-state index contributed by atoms with van der Waals surface area (Å²) < 4.78 is 10.0. The molecule has 0 saturated carbocycles. The third kappa shape index (κ3) is 3.74. The lowest BCUT2D eigenvalue weighted by atomic mass is 10.1. The van der Waals surface area contributed by atoms with Crippen molar-refractivity contribution in [1.29, 1.82) is 0 Å². The summed E-state index contributed by atoms with van der Waals surface area (Å²) in [5.74, 6) is 0.491. The summed E-state index contributed by atoms with van der Waals surface area (Å²) in [6.45, 7) is 4.46. The number of ether oxygens (including phenoxy) is 2. The van der Waals surface area contributed by atoms with E-state index >= 15 is 0 Å². The molecule has 0 amide bonds. The Morgan fingerprint density at radius 1 is 1.28 bits per heavy atom. The van der Waals surface area contributed by atoms with E-state index in [9.17, 15) is 4.79 Å². The summed E-state index contributed by atoms with van der Waals surface area (Å²) in [5.41, 5.74) is 1.08. The molecule has 1 rings (SSSR count). The largest absolute Gasteiger partial charge is 0.496 e. The molecule has 4 nitrogen and oxygen atoms in total. The number of hydrogen-bond donors (Lipinski definition) is 1. The summed E-state index contributed by atoms with van der Waals surface area (Å²) >= 11 is 0. The number of hydrogen-bond acceptors (Lipinski definition) is 4. The van der Waals surface area contributed by atoms with Crippen LogP contribution in [0.2, 0.25) is 0 Å². The van der Waals surface area contributed by atoms with Gasteiger partial charge in [0.1, 0.15) is 5.75 Å². The van der Waals surface area contributed by atoms with Gasteiger partial charge in [0.25, 0.3) is 0 Å². The highest BCUT2D eigenvalue weighted by Crippen LogP contribution is 2.24. The van der Waals surface area contributed by atoms with Crippen LogP contribution in [0.3, 0.4) is 0 Å². The van der Waals surface area contributed by atoms with Crippen molar-refractivity contribution >= 4 is 5.97 Å². The fourth-order valence-corrected chi connectivity index (χ4v) is 1.77. The molecule has 0 radical (unpaired) electrons. The summed E-state index contributed by atoms with van der Waals surface area (Å²) in [6, 6.07) is 7.97. The third-order valence-corrected chi connectivity index (χ3v) is 2.94. The maximum atomic E-state index is 11.3. The Bertz CT molecular complexity index is 392. The van der Waals surface area contributed by atoms with Crippen LogP contribution in [0.4, 0.5) is 0 Å². The van der Waals surface area contributed by atoms with Crippen molar-refractivity contribution in [3.63, 3.8) is 0 Å². The van der Waals surface area contributed by atoms with Gasteiger partial charge in [-0.3, -0.25) is 4.79 Å². The predicted molar refractivity (Wildman–Crippen MR) is 70.6 cm³/mol. The summed E-state index contributed by atoms with van der Waals surface area (Å²) in [6.07, 6.45) is 0. The van der Waals surface area contributed by atoms with Crippen LogP contribution in [0.1, 0.15) is 25.5 Å². The predicted octanol–water partition coefficient (Wildman–Crippen LogP) is 2.15. The Kier molecular flexibility index (Phi) is 5.65. The number of rotatable bonds is 6. The minimum atomic E-state index is -0.199. The van der Waals surface area contributed by atoms with E-state index in [1.807, 2.05) is 38.1 Å². The molecule has 100 valence electrons. The highest BCUT2D eigenvalue weighted by atomic mass is 16.5. The van der Waals surface area contributed by atoms with E-state index in [2.05, 4.69) is 5.32 Å². The zero-order chi connectivity index (χ0) is 13.5. The van der Waals surface area contributed by atoms with Crippen LogP contribution in [0.25, 0.3) is 0 Å². The number of carbonyl (C=O) groups excluding carboxylic acids is 1. The Balaban J connectivity index is 2.60. The van der Waals surface area contributed by atoms with E-state index in [1.165, 1.54) is 7.11 Å². The molecule has 1 N–H and O–H groups in total. The minimum Gasteiger partial charge on any atom is -0.496 e. The molecule has 0 heterocycles. The maximum absolute atomic E-state index is 11.3. The second-order valence-corrected chi connectivity index (χ2v) is 4.30. The zero-order valence-electron chi connectivity index (χ0n) is 11.4. The average molecular weight is 251 g/mol. The molecule has 4 heteroatoms. The number of methoxy groups -OCH3 is 2. The van der Waals surface area contributed by atoms with Gasteiger partial charge in [-0.05, 0) is 13.0 Å². The number of benzene rings is 1. The second-order valence-electron chi connectivity index (χ2n) is 4.30. The van der Waals surface area contributed by atoms with Gasteiger partial charge in [-0.15, -0.1) is 0 Å². The molecule has 0 fully saturated rings. The topological polar surface area (TPSA) is 47.6 Å². The first-order chi connectivity index (χ1) is 8.60. The highest BCUT2D eigenvalue weighted by molar-refractivity contribution is 5.72. The van der Waals surface area contributed by atoms with Gasteiger partial charge in [0, 0.05) is 18.2 Å². The molecule has 0 spiro atoms. The van der Waals surface area contributed by atoms with Gasteiger partial charge in [0.05, 0.1) is 20.1 Å². The summed E-state index contributed by atoms with van der Waals surface area (Å²) in [5, 5.41) is 3.31. The van der Waals surface area contributed by atoms with Crippen molar-refractivity contribution in [3.05, 3.63) is 29.8 Å². The van der Waals surface area contributed by atoms with E-state index in [1.54, 1.807) is 7.11 Å². The minimum absolute atomic E-state index is 0.119. The number of nitrogens with one attached hydrogen (secondary N) is 1. The number of para-hydroxylation sites is 1. The van der Waals surface area contributed by atoms with Gasteiger partial charge < -0.3 is 14.8 Å². The Labute approximate surface area is 108 Å². The molecule has 18 heavy (non-hydrogen) atoms. The van der Waals surface area contributed by atoms with Crippen LogP contribution in [0.15, 0.2) is 24.3 Å².